The molecular weight excluding hydrogens is 352 g/mol. The first-order valence-corrected chi connectivity index (χ1v) is 10.0. The number of hydrogen-bond acceptors (Lipinski definition) is 5. The van der Waals surface area contributed by atoms with E-state index in [-0.39, 0.29) is 23.4 Å². The second-order valence-electron chi connectivity index (χ2n) is 6.26. The summed E-state index contributed by atoms with van der Waals surface area (Å²) < 4.78 is 24.7. The Morgan fingerprint density at radius 1 is 1.15 bits per heavy atom. The van der Waals surface area contributed by atoms with Crippen molar-refractivity contribution in [1.82, 2.24) is 19.9 Å². The van der Waals surface area contributed by atoms with Crippen LogP contribution in [-0.4, -0.2) is 47.5 Å². The van der Waals surface area contributed by atoms with Gasteiger partial charge in [-0.05, 0) is 36.8 Å². The Kier molecular flexibility index (Phi) is 4.78. The third kappa shape index (κ3) is 3.60. The van der Waals surface area contributed by atoms with Crippen LogP contribution in [0.2, 0.25) is 0 Å². The van der Waals surface area contributed by atoms with Gasteiger partial charge in [-0.15, -0.1) is 5.10 Å². The number of nitrogens with zero attached hydrogens (tertiary/aromatic N) is 4. The summed E-state index contributed by atoms with van der Waals surface area (Å²) in [6, 6.07) is 13.8. The number of sulfone groups is 1. The topological polar surface area (TPSA) is 85.2 Å². The van der Waals surface area contributed by atoms with Gasteiger partial charge < -0.3 is 4.90 Å². The van der Waals surface area contributed by atoms with Crippen LogP contribution in [0, 0.1) is 0 Å². The number of aromatic nitrogens is 3. The summed E-state index contributed by atoms with van der Waals surface area (Å²) in [5.74, 6) is -0.111. The van der Waals surface area contributed by atoms with Crippen LogP contribution in [0.5, 0.6) is 0 Å². The van der Waals surface area contributed by atoms with Gasteiger partial charge in [0.15, 0.2) is 9.84 Å². The third-order valence-electron chi connectivity index (χ3n) is 4.47. The van der Waals surface area contributed by atoms with Crippen molar-refractivity contribution in [2.45, 2.75) is 24.4 Å². The van der Waals surface area contributed by atoms with Gasteiger partial charge in [-0.1, -0.05) is 29.5 Å². The maximum absolute atomic E-state index is 12.6. The maximum atomic E-state index is 12.6. The largest absolute Gasteiger partial charge is 0.337 e. The second-order valence-corrected chi connectivity index (χ2v) is 8.27. The Hall–Kier alpha value is -2.74. The summed E-state index contributed by atoms with van der Waals surface area (Å²) in [6.45, 7) is 1.98. The minimum absolute atomic E-state index is 0.0861. The average molecular weight is 372 g/mol. The van der Waals surface area contributed by atoms with Crippen LogP contribution in [0.3, 0.4) is 0 Å². The lowest BCUT2D eigenvalue weighted by atomic mass is 10.1. The molecule has 3 aromatic rings. The van der Waals surface area contributed by atoms with Crippen LogP contribution in [0.4, 0.5) is 0 Å². The van der Waals surface area contributed by atoms with Gasteiger partial charge in [0.25, 0.3) is 0 Å². The molecule has 1 aromatic heterocycles. The number of amides is 1. The molecular formula is C18H20N4O3S. The van der Waals surface area contributed by atoms with Crippen molar-refractivity contribution < 1.29 is 13.2 Å². The van der Waals surface area contributed by atoms with E-state index in [1.165, 1.54) is 6.26 Å². The van der Waals surface area contributed by atoms with Crippen LogP contribution in [0.25, 0.3) is 11.0 Å². The van der Waals surface area contributed by atoms with Crippen molar-refractivity contribution in [3.63, 3.8) is 0 Å². The van der Waals surface area contributed by atoms with Crippen LogP contribution >= 0.6 is 0 Å². The smallest absolute Gasteiger partial charge is 0.244 e. The highest BCUT2D eigenvalue weighted by Crippen LogP contribution is 2.21. The normalized spacial score (nSPS) is 12.9. The van der Waals surface area contributed by atoms with E-state index in [0.717, 1.165) is 16.6 Å². The lowest BCUT2D eigenvalue weighted by molar-refractivity contribution is -0.132. The molecule has 0 radical (unpaired) electrons. The second kappa shape index (κ2) is 6.87. The molecule has 0 aliphatic carbocycles. The van der Waals surface area contributed by atoms with E-state index in [0.29, 0.717) is 0 Å². The Morgan fingerprint density at radius 3 is 2.46 bits per heavy atom. The molecule has 1 atom stereocenters. The van der Waals surface area contributed by atoms with Crippen molar-refractivity contribution in [1.29, 1.82) is 0 Å². The number of hydrogen-bond donors (Lipinski definition) is 0. The molecule has 3 rings (SSSR count). The van der Waals surface area contributed by atoms with E-state index in [4.69, 9.17) is 0 Å². The molecule has 0 bridgehead atoms. The molecule has 7 nitrogen and oxygen atoms in total. The van der Waals surface area contributed by atoms with Gasteiger partial charge in [0, 0.05) is 13.3 Å². The molecule has 0 aliphatic heterocycles. The van der Waals surface area contributed by atoms with Crippen molar-refractivity contribution in [2.75, 3.05) is 13.3 Å². The van der Waals surface area contributed by atoms with Crippen LogP contribution in [0.15, 0.2) is 53.4 Å². The van der Waals surface area contributed by atoms with E-state index in [1.807, 2.05) is 31.2 Å². The molecule has 26 heavy (non-hydrogen) atoms. The highest BCUT2D eigenvalue weighted by atomic mass is 32.2. The van der Waals surface area contributed by atoms with Gasteiger partial charge in [0.05, 0.1) is 16.5 Å². The summed E-state index contributed by atoms with van der Waals surface area (Å²) in [5.41, 5.74) is 2.41. The molecule has 0 aliphatic rings. The Balaban J connectivity index is 1.75. The van der Waals surface area contributed by atoms with Gasteiger partial charge in [-0.3, -0.25) is 4.79 Å². The number of benzene rings is 2. The van der Waals surface area contributed by atoms with E-state index in [2.05, 4.69) is 10.3 Å². The van der Waals surface area contributed by atoms with Crippen molar-refractivity contribution in [3.8, 4) is 0 Å². The summed E-state index contributed by atoms with van der Waals surface area (Å²) in [5, 5.41) is 8.09. The number of fused-ring (bicyclic) bond motifs is 1. The first-order chi connectivity index (χ1) is 12.3. The van der Waals surface area contributed by atoms with Crippen LogP contribution in [-0.2, 0) is 21.2 Å². The molecule has 0 saturated heterocycles. The standard InChI is InChI=1S/C18H20N4O3S/c1-13(14-8-10-15(11-9-14)26(3,24)25)21(2)18(23)12-22-17-7-5-4-6-16(17)19-20-22/h4-11,13H,12H2,1-3H3. The number of carbonyl (C=O) groups is 1. The maximum Gasteiger partial charge on any atom is 0.244 e. The highest BCUT2D eigenvalue weighted by molar-refractivity contribution is 7.90. The number of carbonyl (C=O) groups excluding carboxylic acids is 1. The molecule has 1 unspecified atom stereocenters. The fourth-order valence-electron chi connectivity index (χ4n) is 2.71. The summed E-state index contributed by atoms with van der Waals surface area (Å²) in [6.07, 6.45) is 1.17. The van der Waals surface area contributed by atoms with Crippen LogP contribution in [0.1, 0.15) is 18.5 Å². The minimum atomic E-state index is -3.24. The van der Waals surface area contributed by atoms with Gasteiger partial charge in [-0.25, -0.2) is 13.1 Å². The van der Waals surface area contributed by atoms with E-state index in [1.54, 1.807) is 40.9 Å². The van der Waals surface area contributed by atoms with Crippen LogP contribution < -0.4 is 0 Å². The Labute approximate surface area is 152 Å². The number of para-hydroxylation sites is 1. The zero-order valence-electron chi connectivity index (χ0n) is 14.8. The average Bonchev–Trinajstić information content (AvgIpc) is 3.03. The van der Waals surface area contributed by atoms with Gasteiger partial charge in [0.2, 0.25) is 5.91 Å². The first-order valence-electron chi connectivity index (χ1n) is 8.11. The predicted octanol–water partition coefficient (Wildman–Crippen LogP) is 2.05. The quantitative estimate of drug-likeness (QED) is 0.684. The van der Waals surface area contributed by atoms with E-state index in [9.17, 15) is 13.2 Å². The summed E-state index contributed by atoms with van der Waals surface area (Å²) in [7, 11) is -1.52. The zero-order chi connectivity index (χ0) is 18.9. The monoisotopic (exact) mass is 372 g/mol. The minimum Gasteiger partial charge on any atom is -0.337 e. The fraction of sp³-hybridized carbons (Fsp3) is 0.278. The van der Waals surface area contributed by atoms with Gasteiger partial charge >= 0.3 is 0 Å². The zero-order valence-corrected chi connectivity index (χ0v) is 15.6. The molecule has 1 amide bonds. The predicted molar refractivity (Wildman–Crippen MR) is 98.3 cm³/mol. The van der Waals surface area contributed by atoms with Gasteiger partial charge in [0.1, 0.15) is 12.1 Å². The summed E-state index contributed by atoms with van der Waals surface area (Å²) >= 11 is 0. The van der Waals surface area contributed by atoms with E-state index >= 15 is 0 Å². The molecule has 0 saturated carbocycles. The lowest BCUT2D eigenvalue weighted by Crippen LogP contribution is -2.32. The fourth-order valence-corrected chi connectivity index (χ4v) is 3.34. The SMILES string of the molecule is CC(c1ccc(S(C)(=O)=O)cc1)N(C)C(=O)Cn1nnc2ccccc21. The summed E-state index contributed by atoms with van der Waals surface area (Å²) in [4.78, 5) is 14.5. The molecule has 0 N–H and O–H groups in total. The molecule has 1 heterocycles. The molecule has 0 spiro atoms. The van der Waals surface area contributed by atoms with Crippen molar-refractivity contribution in [3.05, 3.63) is 54.1 Å². The third-order valence-corrected chi connectivity index (χ3v) is 5.60. The lowest BCUT2D eigenvalue weighted by Gasteiger charge is -2.25. The van der Waals surface area contributed by atoms with Gasteiger partial charge in [-0.2, -0.15) is 0 Å². The molecule has 0 fully saturated rings. The molecule has 136 valence electrons. The Bertz CT molecular complexity index is 1040. The number of rotatable bonds is 5. The van der Waals surface area contributed by atoms with E-state index < -0.39 is 9.84 Å². The van der Waals surface area contributed by atoms with Crippen molar-refractivity contribution in [2.24, 2.45) is 0 Å². The first kappa shape index (κ1) is 18.1. The molecule has 2 aromatic carbocycles. The number of likely N-dealkylation sites (N-methyl/N-ethyl adjacent to an activating group) is 1. The Morgan fingerprint density at radius 2 is 1.81 bits per heavy atom. The molecule has 8 heteroatoms. The van der Waals surface area contributed by atoms with Crippen molar-refractivity contribution >= 4 is 26.8 Å². The highest BCUT2D eigenvalue weighted by Gasteiger charge is 2.19.